The molecule has 20 heavy (non-hydrogen) atoms. The van der Waals surface area contributed by atoms with Gasteiger partial charge in [0.05, 0.1) is 6.04 Å². The minimum Gasteiger partial charge on any atom is -0.508 e. The normalized spacial score (nSPS) is 17.9. The molecular weight excluding hydrogens is 304 g/mol. The average molecular weight is 321 g/mol. The summed E-state index contributed by atoms with van der Waals surface area (Å²) in [5.41, 5.74) is 6.53. The first kappa shape index (κ1) is 16.9. The van der Waals surface area contributed by atoms with Crippen LogP contribution in [0.5, 0.6) is 5.75 Å². The number of phenolic OH excluding ortho intramolecular Hbond substituents is 1. The van der Waals surface area contributed by atoms with Crippen LogP contribution in [0.15, 0.2) is 24.3 Å². The van der Waals surface area contributed by atoms with E-state index < -0.39 is 26.6 Å². The molecule has 0 spiro atoms. The van der Waals surface area contributed by atoms with Crippen molar-refractivity contribution in [3.8, 4) is 5.75 Å². The van der Waals surface area contributed by atoms with E-state index in [9.17, 15) is 13.2 Å². The van der Waals surface area contributed by atoms with Gasteiger partial charge in [0.2, 0.25) is 10.0 Å². The molecule has 0 radical (unpaired) electrons. The third kappa shape index (κ3) is 3.12. The van der Waals surface area contributed by atoms with Crippen molar-refractivity contribution in [2.45, 2.75) is 30.1 Å². The topological polar surface area (TPSA) is 123 Å². The summed E-state index contributed by atoms with van der Waals surface area (Å²) in [6, 6.07) is 5.33. The molecule has 2 rings (SSSR count). The molecule has 1 atom stereocenters. The van der Waals surface area contributed by atoms with Crippen molar-refractivity contribution in [2.24, 2.45) is 10.9 Å². The fraction of sp³-hybridized carbons (Fsp3) is 0.417. The first-order chi connectivity index (χ1) is 8.76. The zero-order chi connectivity index (χ0) is 14.3. The second-order valence-electron chi connectivity index (χ2n) is 4.88. The van der Waals surface area contributed by atoms with E-state index in [4.69, 9.17) is 16.0 Å². The summed E-state index contributed by atoms with van der Waals surface area (Å²) in [5.74, 6) is -0.407. The second kappa shape index (κ2) is 5.69. The summed E-state index contributed by atoms with van der Waals surface area (Å²) in [4.78, 5) is 12.1. The van der Waals surface area contributed by atoms with Gasteiger partial charge in [-0.3, -0.25) is 4.79 Å². The number of halogens is 1. The Morgan fingerprint density at radius 1 is 1.30 bits per heavy atom. The first-order valence-corrected chi connectivity index (χ1v) is 7.41. The standard InChI is InChI=1S/C12H16N2O4S.ClH/c13-10(7-8-1-3-9(15)4-2-8)11(16)12(5-6-12)19(14,17)18;/h1-4,10,15H,5-7,13H2,(H2,14,17,18);1H/t10-;/m0./s1. The van der Waals surface area contributed by atoms with Gasteiger partial charge in [0.15, 0.2) is 5.78 Å². The fourth-order valence-electron chi connectivity index (χ4n) is 2.10. The molecule has 0 aliphatic heterocycles. The van der Waals surface area contributed by atoms with Crippen LogP contribution in [0.25, 0.3) is 0 Å². The Balaban J connectivity index is 0.00000200. The number of phenols is 1. The van der Waals surface area contributed by atoms with Crippen molar-refractivity contribution < 1.29 is 18.3 Å². The van der Waals surface area contributed by atoms with Crippen LogP contribution in [0, 0.1) is 0 Å². The van der Waals surface area contributed by atoms with E-state index in [1.54, 1.807) is 12.1 Å². The van der Waals surface area contributed by atoms with Crippen LogP contribution in [0.4, 0.5) is 0 Å². The number of carbonyl (C=O) groups is 1. The lowest BCUT2D eigenvalue weighted by Crippen LogP contribution is -2.47. The molecule has 5 N–H and O–H groups in total. The number of hydrogen-bond donors (Lipinski definition) is 3. The third-order valence-electron chi connectivity index (χ3n) is 3.43. The Morgan fingerprint density at radius 2 is 1.80 bits per heavy atom. The molecule has 0 unspecified atom stereocenters. The highest BCUT2D eigenvalue weighted by atomic mass is 35.5. The lowest BCUT2D eigenvalue weighted by Gasteiger charge is -2.17. The SMILES string of the molecule is Cl.N[C@@H](Cc1ccc(O)cc1)C(=O)C1(S(N)(=O)=O)CC1. The molecule has 112 valence electrons. The molecule has 0 heterocycles. The van der Waals surface area contributed by atoms with Crippen molar-refractivity contribution in [1.82, 2.24) is 0 Å². The van der Waals surface area contributed by atoms with Gasteiger partial charge >= 0.3 is 0 Å². The molecule has 1 aliphatic rings. The smallest absolute Gasteiger partial charge is 0.222 e. The Labute approximate surface area is 123 Å². The van der Waals surface area contributed by atoms with Gasteiger partial charge in [-0.1, -0.05) is 12.1 Å². The maximum atomic E-state index is 12.1. The van der Waals surface area contributed by atoms with Gasteiger partial charge in [-0.2, -0.15) is 0 Å². The van der Waals surface area contributed by atoms with Crippen LogP contribution < -0.4 is 10.9 Å². The lowest BCUT2D eigenvalue weighted by molar-refractivity contribution is -0.120. The van der Waals surface area contributed by atoms with Gasteiger partial charge in [-0.15, -0.1) is 12.4 Å². The molecule has 1 fully saturated rings. The van der Waals surface area contributed by atoms with E-state index in [1.165, 1.54) is 12.1 Å². The fourth-order valence-corrected chi connectivity index (χ4v) is 3.20. The Kier molecular flexibility index (Phi) is 4.81. The largest absolute Gasteiger partial charge is 0.508 e. The minimum atomic E-state index is -3.90. The highest BCUT2D eigenvalue weighted by Crippen LogP contribution is 2.43. The van der Waals surface area contributed by atoms with Gasteiger partial charge in [-0.05, 0) is 37.0 Å². The van der Waals surface area contributed by atoms with E-state index in [0.29, 0.717) is 0 Å². The monoisotopic (exact) mass is 320 g/mol. The minimum absolute atomic E-state index is 0. The molecule has 6 nitrogen and oxygen atoms in total. The molecule has 8 heteroatoms. The number of aromatic hydroxyl groups is 1. The molecule has 0 bridgehead atoms. The van der Waals surface area contributed by atoms with Gasteiger partial charge in [0.1, 0.15) is 10.5 Å². The molecule has 0 amide bonds. The molecule has 1 aromatic rings. The van der Waals surface area contributed by atoms with E-state index in [1.807, 2.05) is 0 Å². The number of benzene rings is 1. The Morgan fingerprint density at radius 3 is 2.20 bits per heavy atom. The number of ketones is 1. The number of hydrogen-bond acceptors (Lipinski definition) is 5. The van der Waals surface area contributed by atoms with Crippen LogP contribution in [-0.2, 0) is 21.2 Å². The van der Waals surface area contributed by atoms with Gasteiger partial charge in [0, 0.05) is 0 Å². The van der Waals surface area contributed by atoms with Crippen LogP contribution in [0.3, 0.4) is 0 Å². The maximum absolute atomic E-state index is 12.1. The summed E-state index contributed by atoms with van der Waals surface area (Å²) in [7, 11) is -3.90. The van der Waals surface area contributed by atoms with Crippen molar-refractivity contribution in [2.75, 3.05) is 0 Å². The summed E-state index contributed by atoms with van der Waals surface area (Å²) in [6.45, 7) is 0. The number of nitrogens with two attached hydrogens (primary N) is 2. The average Bonchev–Trinajstić information content (AvgIpc) is 3.11. The maximum Gasteiger partial charge on any atom is 0.222 e. The molecule has 0 aromatic heterocycles. The van der Waals surface area contributed by atoms with E-state index >= 15 is 0 Å². The van der Waals surface area contributed by atoms with Gasteiger partial charge < -0.3 is 10.8 Å². The predicted octanol–water partition coefficient (Wildman–Crippen LogP) is 0.0740. The third-order valence-corrected chi connectivity index (χ3v) is 5.13. The van der Waals surface area contributed by atoms with Crippen LogP contribution >= 0.6 is 12.4 Å². The molecule has 1 aromatic carbocycles. The van der Waals surface area contributed by atoms with Gasteiger partial charge in [0.25, 0.3) is 0 Å². The lowest BCUT2D eigenvalue weighted by atomic mass is 10.0. The highest BCUT2D eigenvalue weighted by Gasteiger charge is 2.60. The number of carbonyl (C=O) groups excluding carboxylic acids is 1. The van der Waals surface area contributed by atoms with Crippen molar-refractivity contribution in [3.63, 3.8) is 0 Å². The zero-order valence-corrected chi connectivity index (χ0v) is 12.3. The van der Waals surface area contributed by atoms with Crippen molar-refractivity contribution in [1.29, 1.82) is 0 Å². The van der Waals surface area contributed by atoms with Gasteiger partial charge in [-0.25, -0.2) is 13.6 Å². The predicted molar refractivity (Wildman–Crippen MR) is 77.1 cm³/mol. The molecular formula is C12H17ClN2O4S. The number of rotatable bonds is 5. The first-order valence-electron chi connectivity index (χ1n) is 5.86. The van der Waals surface area contributed by atoms with Crippen molar-refractivity contribution >= 4 is 28.2 Å². The van der Waals surface area contributed by atoms with E-state index in [-0.39, 0.29) is 37.4 Å². The Bertz CT molecular complexity index is 596. The summed E-state index contributed by atoms with van der Waals surface area (Å²) < 4.78 is 21.4. The molecule has 1 saturated carbocycles. The summed E-state index contributed by atoms with van der Waals surface area (Å²) in [5, 5.41) is 14.2. The van der Waals surface area contributed by atoms with Crippen molar-refractivity contribution in [3.05, 3.63) is 29.8 Å². The summed E-state index contributed by atoms with van der Waals surface area (Å²) >= 11 is 0. The number of Topliss-reactive ketones (excluding diaryl/α,β-unsaturated/α-hetero) is 1. The quantitative estimate of drug-likeness (QED) is 0.708. The molecule has 0 saturated heterocycles. The molecule has 1 aliphatic carbocycles. The van der Waals surface area contributed by atoms with Crippen LogP contribution in [0.1, 0.15) is 18.4 Å². The zero-order valence-electron chi connectivity index (χ0n) is 10.7. The van der Waals surface area contributed by atoms with Crippen LogP contribution in [-0.4, -0.2) is 30.1 Å². The Hall–Kier alpha value is -1.15. The number of primary sulfonamides is 1. The van der Waals surface area contributed by atoms with E-state index in [0.717, 1.165) is 5.56 Å². The number of sulfonamides is 1. The van der Waals surface area contributed by atoms with E-state index in [2.05, 4.69) is 0 Å². The highest BCUT2D eigenvalue weighted by molar-refractivity contribution is 7.91. The summed E-state index contributed by atoms with van der Waals surface area (Å²) in [6.07, 6.45) is 0.707. The van der Waals surface area contributed by atoms with Crippen LogP contribution in [0.2, 0.25) is 0 Å². The second-order valence-corrected chi connectivity index (χ2v) is 6.75.